The molecule has 0 saturated heterocycles. The molecule has 10 heteroatoms. The zero-order valence-electron chi connectivity index (χ0n) is 20.7. The van der Waals surface area contributed by atoms with Gasteiger partial charge in [-0.3, -0.25) is 9.69 Å². The summed E-state index contributed by atoms with van der Waals surface area (Å²) in [6.45, 7) is 15.2. The Morgan fingerprint density at radius 2 is 1.55 bits per heavy atom. The Morgan fingerprint density at radius 1 is 1.06 bits per heavy atom. The van der Waals surface area contributed by atoms with E-state index in [0.717, 1.165) is 12.1 Å². The van der Waals surface area contributed by atoms with E-state index in [9.17, 15) is 27.9 Å². The summed E-state index contributed by atoms with van der Waals surface area (Å²) in [7, 11) is -2.52. The standard InChI is InChI=1S/C23H37F3N2O4Si/c1-21(2,3)28(20(30)31)17(13-14-18(27)29)19(32-33(7,8)22(4,5)6)15-9-11-16(12-10-15)23(24,25)26/h9-12,17,19H,13-14H2,1-8H3,(H2,27,29)(H,30,31)/t17-,19+/m1/s1. The normalized spacial score (nSPS) is 15.1. The maximum absolute atomic E-state index is 13.1. The zero-order chi connectivity index (χ0) is 26.0. The van der Waals surface area contributed by atoms with Crippen molar-refractivity contribution in [2.45, 2.75) is 96.4 Å². The molecule has 6 nitrogen and oxygen atoms in total. The maximum atomic E-state index is 13.1. The van der Waals surface area contributed by atoms with Crippen LogP contribution in [0.2, 0.25) is 18.1 Å². The highest BCUT2D eigenvalue weighted by Crippen LogP contribution is 2.43. The predicted octanol–water partition coefficient (Wildman–Crippen LogP) is 6.18. The molecule has 2 atom stereocenters. The number of carbonyl (C=O) groups is 2. The molecule has 0 aliphatic heterocycles. The van der Waals surface area contributed by atoms with Gasteiger partial charge in [-0.1, -0.05) is 32.9 Å². The van der Waals surface area contributed by atoms with Gasteiger partial charge in [0.05, 0.1) is 17.7 Å². The number of amides is 2. The van der Waals surface area contributed by atoms with Gasteiger partial charge in [0.25, 0.3) is 0 Å². The molecule has 0 aliphatic carbocycles. The summed E-state index contributed by atoms with van der Waals surface area (Å²) in [5.74, 6) is -0.599. The molecule has 0 bridgehead atoms. The molecular formula is C23H37F3N2O4Si. The monoisotopic (exact) mass is 490 g/mol. The number of rotatable bonds is 8. The van der Waals surface area contributed by atoms with Crippen molar-refractivity contribution in [3.05, 3.63) is 35.4 Å². The Balaban J connectivity index is 3.71. The first-order valence-electron chi connectivity index (χ1n) is 10.8. The summed E-state index contributed by atoms with van der Waals surface area (Å²) < 4.78 is 46.1. The minimum Gasteiger partial charge on any atom is -0.465 e. The summed E-state index contributed by atoms with van der Waals surface area (Å²) in [5, 5.41) is 9.82. The molecule has 3 N–H and O–H groups in total. The maximum Gasteiger partial charge on any atom is 0.416 e. The fourth-order valence-corrected chi connectivity index (χ4v) is 4.64. The summed E-state index contributed by atoms with van der Waals surface area (Å²) in [6.07, 6.45) is -6.63. The topological polar surface area (TPSA) is 92.9 Å². The van der Waals surface area contributed by atoms with Crippen LogP contribution in [0, 0.1) is 0 Å². The van der Waals surface area contributed by atoms with Crippen molar-refractivity contribution < 1.29 is 32.3 Å². The molecule has 0 aliphatic rings. The van der Waals surface area contributed by atoms with E-state index >= 15 is 0 Å². The summed E-state index contributed by atoms with van der Waals surface area (Å²) in [6, 6.07) is 3.72. The van der Waals surface area contributed by atoms with E-state index in [0.29, 0.717) is 5.56 Å². The first kappa shape index (κ1) is 29.0. The number of nitrogens with two attached hydrogens (primary N) is 1. The van der Waals surface area contributed by atoms with Crippen molar-refractivity contribution >= 4 is 20.3 Å². The Hall–Kier alpha value is -2.07. The molecule has 0 aromatic heterocycles. The van der Waals surface area contributed by atoms with Crippen molar-refractivity contribution in [3.63, 3.8) is 0 Å². The third kappa shape index (κ3) is 7.74. The molecule has 33 heavy (non-hydrogen) atoms. The average molecular weight is 491 g/mol. The van der Waals surface area contributed by atoms with Gasteiger partial charge in [-0.05, 0) is 63.0 Å². The van der Waals surface area contributed by atoms with Crippen molar-refractivity contribution in [1.29, 1.82) is 0 Å². The van der Waals surface area contributed by atoms with Crippen LogP contribution in [0.15, 0.2) is 24.3 Å². The molecule has 1 aromatic rings. The zero-order valence-corrected chi connectivity index (χ0v) is 21.7. The molecule has 1 aromatic carbocycles. The Labute approximate surface area is 195 Å². The third-order valence-electron chi connectivity index (χ3n) is 6.09. The highest BCUT2D eigenvalue weighted by atomic mass is 28.4. The highest BCUT2D eigenvalue weighted by molar-refractivity contribution is 6.74. The lowest BCUT2D eigenvalue weighted by atomic mass is 9.92. The van der Waals surface area contributed by atoms with E-state index in [1.165, 1.54) is 17.0 Å². The molecule has 2 amide bonds. The van der Waals surface area contributed by atoms with Gasteiger partial charge < -0.3 is 15.3 Å². The fraction of sp³-hybridized carbons (Fsp3) is 0.652. The van der Waals surface area contributed by atoms with Crippen LogP contribution in [0.3, 0.4) is 0 Å². The van der Waals surface area contributed by atoms with Gasteiger partial charge >= 0.3 is 12.3 Å². The lowest BCUT2D eigenvalue weighted by Gasteiger charge is -2.47. The first-order valence-corrected chi connectivity index (χ1v) is 13.7. The Bertz CT molecular complexity index is 828. The molecule has 0 spiro atoms. The van der Waals surface area contributed by atoms with Gasteiger partial charge in [-0.15, -0.1) is 0 Å². The summed E-state index contributed by atoms with van der Waals surface area (Å²) in [5.41, 5.74) is 4.11. The van der Waals surface area contributed by atoms with Crippen molar-refractivity contribution in [3.8, 4) is 0 Å². The Kier molecular flexibility index (Phi) is 8.82. The van der Waals surface area contributed by atoms with E-state index in [1.807, 2.05) is 33.9 Å². The van der Waals surface area contributed by atoms with Gasteiger partial charge in [0.15, 0.2) is 8.32 Å². The molecule has 1 rings (SSSR count). The first-order chi connectivity index (χ1) is 14.7. The van der Waals surface area contributed by atoms with E-state index < -0.39 is 49.7 Å². The third-order valence-corrected chi connectivity index (χ3v) is 10.5. The number of benzene rings is 1. The minimum absolute atomic E-state index is 0.0687. The molecule has 0 radical (unpaired) electrons. The SMILES string of the molecule is CC(C)(C)N(C(=O)O)[C@H](CCC(N)=O)[C@@H](O[Si](C)(C)C(C)(C)C)c1ccc(C(F)(F)F)cc1. The van der Waals surface area contributed by atoms with E-state index in [1.54, 1.807) is 20.8 Å². The number of nitrogens with zero attached hydrogens (tertiary/aromatic N) is 1. The van der Waals surface area contributed by atoms with Gasteiger partial charge in [-0.25, -0.2) is 4.79 Å². The number of primary amides is 1. The lowest BCUT2D eigenvalue weighted by molar-refractivity contribution is -0.137. The van der Waals surface area contributed by atoms with Crippen LogP contribution < -0.4 is 5.73 Å². The molecule has 0 unspecified atom stereocenters. The van der Waals surface area contributed by atoms with Crippen molar-refractivity contribution in [2.75, 3.05) is 0 Å². The second kappa shape index (κ2) is 10.0. The van der Waals surface area contributed by atoms with Crippen molar-refractivity contribution in [2.24, 2.45) is 5.73 Å². The second-order valence-corrected chi connectivity index (χ2v) is 15.6. The van der Waals surface area contributed by atoms with Crippen LogP contribution in [-0.2, 0) is 15.4 Å². The van der Waals surface area contributed by atoms with Gasteiger partial charge in [0.1, 0.15) is 0 Å². The van der Waals surface area contributed by atoms with Gasteiger partial charge in [0, 0.05) is 12.0 Å². The fourth-order valence-electron chi connectivity index (χ4n) is 3.36. The average Bonchev–Trinajstić information content (AvgIpc) is 2.60. The number of hydrogen-bond donors (Lipinski definition) is 2. The van der Waals surface area contributed by atoms with Crippen LogP contribution in [0.4, 0.5) is 18.0 Å². The molecule has 0 fully saturated rings. The smallest absolute Gasteiger partial charge is 0.416 e. The number of halogens is 3. The van der Waals surface area contributed by atoms with E-state index in [-0.39, 0.29) is 17.9 Å². The molecule has 0 heterocycles. The molecular weight excluding hydrogens is 453 g/mol. The number of carboxylic acid groups (broad SMARTS) is 1. The Morgan fingerprint density at radius 3 is 1.88 bits per heavy atom. The molecule has 188 valence electrons. The van der Waals surface area contributed by atoms with Gasteiger partial charge in [0.2, 0.25) is 5.91 Å². The van der Waals surface area contributed by atoms with E-state index in [4.69, 9.17) is 10.2 Å². The number of alkyl halides is 3. The van der Waals surface area contributed by atoms with Crippen LogP contribution in [0.5, 0.6) is 0 Å². The summed E-state index contributed by atoms with van der Waals surface area (Å²) in [4.78, 5) is 25.2. The lowest BCUT2D eigenvalue weighted by Crippen LogP contribution is -2.55. The number of carbonyl (C=O) groups excluding carboxylic acids is 1. The second-order valence-electron chi connectivity index (χ2n) is 10.8. The van der Waals surface area contributed by atoms with Crippen molar-refractivity contribution in [1.82, 2.24) is 4.90 Å². The largest absolute Gasteiger partial charge is 0.465 e. The summed E-state index contributed by atoms with van der Waals surface area (Å²) >= 11 is 0. The van der Waals surface area contributed by atoms with Crippen LogP contribution in [0.1, 0.15) is 71.6 Å². The van der Waals surface area contributed by atoms with E-state index in [2.05, 4.69) is 0 Å². The number of hydrogen-bond acceptors (Lipinski definition) is 3. The molecule has 0 saturated carbocycles. The predicted molar refractivity (Wildman–Crippen MR) is 124 cm³/mol. The van der Waals surface area contributed by atoms with Crippen LogP contribution in [0.25, 0.3) is 0 Å². The van der Waals surface area contributed by atoms with Crippen LogP contribution in [-0.4, -0.2) is 41.9 Å². The quantitative estimate of drug-likeness (QED) is 0.426. The van der Waals surface area contributed by atoms with Gasteiger partial charge in [-0.2, -0.15) is 13.2 Å². The highest BCUT2D eigenvalue weighted by Gasteiger charge is 2.45. The van der Waals surface area contributed by atoms with Crippen LogP contribution >= 0.6 is 0 Å². The minimum atomic E-state index is -4.50.